The van der Waals surface area contributed by atoms with Gasteiger partial charge in [-0.2, -0.15) is 0 Å². The molecule has 1 atom stereocenters. The van der Waals surface area contributed by atoms with E-state index in [4.69, 9.17) is 0 Å². The first kappa shape index (κ1) is 14.7. The van der Waals surface area contributed by atoms with Gasteiger partial charge in [0, 0.05) is 0 Å². The lowest BCUT2D eigenvalue weighted by molar-refractivity contribution is 0.445. The molecule has 0 saturated carbocycles. The smallest absolute Gasteiger partial charge is 0.0326 e. The molecule has 90 valence electrons. The standard InChI is InChI=1S/C15H30/c1-5-6-7-8-9-12-15(4)13-10-11-14(2)3/h15H,2,5-13H2,1,3-4H3. The summed E-state index contributed by atoms with van der Waals surface area (Å²) in [7, 11) is 0. The third-order valence-corrected chi connectivity index (χ3v) is 3.10. The third kappa shape index (κ3) is 11.7. The summed E-state index contributed by atoms with van der Waals surface area (Å²) in [5.41, 5.74) is 1.34. The van der Waals surface area contributed by atoms with Crippen LogP contribution >= 0.6 is 0 Å². The van der Waals surface area contributed by atoms with Gasteiger partial charge in [-0.25, -0.2) is 0 Å². The first-order chi connectivity index (χ1) is 7.16. The van der Waals surface area contributed by atoms with Crippen molar-refractivity contribution < 1.29 is 0 Å². The van der Waals surface area contributed by atoms with Crippen LogP contribution in [0.15, 0.2) is 12.2 Å². The second kappa shape index (κ2) is 10.3. The van der Waals surface area contributed by atoms with Crippen molar-refractivity contribution in [3.63, 3.8) is 0 Å². The Labute approximate surface area is 97.2 Å². The Morgan fingerprint density at radius 1 is 1.00 bits per heavy atom. The highest BCUT2D eigenvalue weighted by molar-refractivity contribution is 4.87. The van der Waals surface area contributed by atoms with E-state index in [0.29, 0.717) is 0 Å². The number of unbranched alkanes of at least 4 members (excludes halogenated alkanes) is 4. The van der Waals surface area contributed by atoms with Gasteiger partial charge in [0.2, 0.25) is 0 Å². The van der Waals surface area contributed by atoms with Gasteiger partial charge in [-0.1, -0.05) is 64.4 Å². The molecule has 0 heteroatoms. The molecule has 1 unspecified atom stereocenters. The van der Waals surface area contributed by atoms with Crippen molar-refractivity contribution in [3.8, 4) is 0 Å². The van der Waals surface area contributed by atoms with Crippen molar-refractivity contribution in [1.82, 2.24) is 0 Å². The van der Waals surface area contributed by atoms with Gasteiger partial charge in [-0.05, 0) is 25.7 Å². The molecule has 0 fully saturated rings. The minimum Gasteiger partial charge on any atom is -0.100 e. The maximum atomic E-state index is 3.95. The molecule has 0 N–H and O–H groups in total. The fourth-order valence-corrected chi connectivity index (χ4v) is 1.99. The summed E-state index contributed by atoms with van der Waals surface area (Å²) in [6.45, 7) is 10.8. The fourth-order valence-electron chi connectivity index (χ4n) is 1.99. The second-order valence-electron chi connectivity index (χ2n) is 5.16. The van der Waals surface area contributed by atoms with Gasteiger partial charge in [0.1, 0.15) is 0 Å². The van der Waals surface area contributed by atoms with Gasteiger partial charge >= 0.3 is 0 Å². The van der Waals surface area contributed by atoms with Gasteiger partial charge in [0.05, 0.1) is 0 Å². The Hall–Kier alpha value is -0.260. The lowest BCUT2D eigenvalue weighted by Gasteiger charge is -2.10. The molecular formula is C15H30. The van der Waals surface area contributed by atoms with Crippen LogP contribution in [0.2, 0.25) is 0 Å². The van der Waals surface area contributed by atoms with E-state index in [2.05, 4.69) is 27.4 Å². The van der Waals surface area contributed by atoms with Crippen molar-refractivity contribution in [2.24, 2.45) is 5.92 Å². The van der Waals surface area contributed by atoms with Crippen LogP contribution in [0.4, 0.5) is 0 Å². The Balaban J connectivity index is 3.18. The first-order valence-electron chi connectivity index (χ1n) is 6.81. The Morgan fingerprint density at radius 3 is 2.20 bits per heavy atom. The molecule has 0 amide bonds. The maximum Gasteiger partial charge on any atom is -0.0326 e. The van der Waals surface area contributed by atoms with Crippen LogP contribution < -0.4 is 0 Å². The summed E-state index contributed by atoms with van der Waals surface area (Å²) in [5.74, 6) is 0.922. The molecule has 0 bridgehead atoms. The Morgan fingerprint density at radius 2 is 1.60 bits per heavy atom. The number of hydrogen-bond acceptors (Lipinski definition) is 0. The average Bonchev–Trinajstić information content (AvgIpc) is 2.17. The highest BCUT2D eigenvalue weighted by atomic mass is 14.1. The van der Waals surface area contributed by atoms with Crippen LogP contribution in [0.25, 0.3) is 0 Å². The van der Waals surface area contributed by atoms with E-state index in [1.165, 1.54) is 63.4 Å². The molecule has 0 aromatic heterocycles. The molecule has 0 spiro atoms. The quantitative estimate of drug-likeness (QED) is 0.319. The molecule has 0 nitrogen and oxygen atoms in total. The fraction of sp³-hybridized carbons (Fsp3) is 0.867. The summed E-state index contributed by atoms with van der Waals surface area (Å²) in [5, 5.41) is 0. The topological polar surface area (TPSA) is 0 Å². The summed E-state index contributed by atoms with van der Waals surface area (Å²) in [6.07, 6.45) is 12.5. The SMILES string of the molecule is C=C(C)CCCC(C)CCCCCCC. The number of allylic oxidation sites excluding steroid dienone is 1. The number of hydrogen-bond donors (Lipinski definition) is 0. The summed E-state index contributed by atoms with van der Waals surface area (Å²) < 4.78 is 0. The molecule has 0 aromatic rings. The van der Waals surface area contributed by atoms with Gasteiger partial charge < -0.3 is 0 Å². The van der Waals surface area contributed by atoms with Crippen LogP contribution in [-0.4, -0.2) is 0 Å². The zero-order valence-electron chi connectivity index (χ0n) is 11.1. The van der Waals surface area contributed by atoms with Gasteiger partial charge in [-0.15, -0.1) is 6.58 Å². The van der Waals surface area contributed by atoms with E-state index in [0.717, 1.165) is 5.92 Å². The Bertz CT molecular complexity index is 146. The lowest BCUT2D eigenvalue weighted by Crippen LogP contribution is -1.95. The molecule has 0 aliphatic heterocycles. The second-order valence-corrected chi connectivity index (χ2v) is 5.16. The summed E-state index contributed by atoms with van der Waals surface area (Å²) >= 11 is 0. The van der Waals surface area contributed by atoms with Gasteiger partial charge in [0.25, 0.3) is 0 Å². The average molecular weight is 210 g/mol. The molecule has 0 saturated heterocycles. The largest absolute Gasteiger partial charge is 0.100 e. The zero-order valence-corrected chi connectivity index (χ0v) is 11.1. The van der Waals surface area contributed by atoms with E-state index < -0.39 is 0 Å². The predicted octanol–water partition coefficient (Wildman–Crippen LogP) is 5.73. The van der Waals surface area contributed by atoms with Crippen LogP contribution in [0.1, 0.15) is 78.6 Å². The van der Waals surface area contributed by atoms with E-state index in [9.17, 15) is 0 Å². The lowest BCUT2D eigenvalue weighted by atomic mass is 9.96. The van der Waals surface area contributed by atoms with Crippen molar-refractivity contribution >= 4 is 0 Å². The summed E-state index contributed by atoms with van der Waals surface area (Å²) in [6, 6.07) is 0. The molecule has 0 aromatic carbocycles. The molecule has 0 aliphatic carbocycles. The molecule has 0 rings (SSSR count). The molecule has 0 radical (unpaired) electrons. The Kier molecular flexibility index (Phi) is 10.1. The van der Waals surface area contributed by atoms with Crippen LogP contribution in [0.3, 0.4) is 0 Å². The van der Waals surface area contributed by atoms with Gasteiger partial charge in [0.15, 0.2) is 0 Å². The minimum absolute atomic E-state index is 0.922. The highest BCUT2D eigenvalue weighted by Crippen LogP contribution is 2.17. The van der Waals surface area contributed by atoms with E-state index in [-0.39, 0.29) is 0 Å². The first-order valence-corrected chi connectivity index (χ1v) is 6.81. The van der Waals surface area contributed by atoms with Crippen LogP contribution in [0.5, 0.6) is 0 Å². The van der Waals surface area contributed by atoms with Crippen molar-refractivity contribution in [3.05, 3.63) is 12.2 Å². The van der Waals surface area contributed by atoms with Crippen molar-refractivity contribution in [2.75, 3.05) is 0 Å². The van der Waals surface area contributed by atoms with Crippen molar-refractivity contribution in [2.45, 2.75) is 78.6 Å². The zero-order chi connectivity index (χ0) is 11.5. The molecular weight excluding hydrogens is 180 g/mol. The van der Waals surface area contributed by atoms with Crippen LogP contribution in [-0.2, 0) is 0 Å². The van der Waals surface area contributed by atoms with Crippen molar-refractivity contribution in [1.29, 1.82) is 0 Å². The predicted molar refractivity (Wildman–Crippen MR) is 71.2 cm³/mol. The molecule has 0 heterocycles. The number of rotatable bonds is 10. The molecule has 15 heavy (non-hydrogen) atoms. The highest BCUT2D eigenvalue weighted by Gasteiger charge is 2.01. The third-order valence-electron chi connectivity index (χ3n) is 3.10. The van der Waals surface area contributed by atoms with E-state index >= 15 is 0 Å². The van der Waals surface area contributed by atoms with E-state index in [1.807, 2.05) is 0 Å². The van der Waals surface area contributed by atoms with Gasteiger partial charge in [-0.3, -0.25) is 0 Å². The monoisotopic (exact) mass is 210 g/mol. The maximum absolute atomic E-state index is 3.95. The molecule has 0 aliphatic rings. The summed E-state index contributed by atoms with van der Waals surface area (Å²) in [4.78, 5) is 0. The van der Waals surface area contributed by atoms with Crippen LogP contribution in [0, 0.1) is 5.92 Å². The van der Waals surface area contributed by atoms with E-state index in [1.54, 1.807) is 0 Å². The normalized spacial score (nSPS) is 12.7. The minimum atomic E-state index is 0.922.